The lowest BCUT2D eigenvalue weighted by Gasteiger charge is -1.89. The number of ketones is 2. The minimum Gasteiger partial charge on any atom is -0.392 e. The predicted octanol–water partition coefficient (Wildman–Crippen LogP) is 1.67. The van der Waals surface area contributed by atoms with Crippen LogP contribution in [-0.4, -0.2) is 23.3 Å². The smallest absolute Gasteiger partial charge is 0.157 e. The molecule has 0 saturated carbocycles. The molecule has 0 heterocycles. The Morgan fingerprint density at radius 1 is 1.07 bits per heavy atom. The molecule has 1 N–H and O–H groups in total. The first-order valence-electron chi connectivity index (χ1n) is 4.35. The molecule has 0 saturated heterocycles. The van der Waals surface area contributed by atoms with Gasteiger partial charge in [-0.3, -0.25) is 9.59 Å². The molecule has 0 fully saturated rings. The second kappa shape index (κ2) is 8.38. The van der Waals surface area contributed by atoms with Gasteiger partial charge in [-0.05, 0) is 25.8 Å². The molecule has 80 valence electrons. The number of rotatable bonds is 4. The lowest BCUT2D eigenvalue weighted by molar-refractivity contribution is -0.114. The van der Waals surface area contributed by atoms with Crippen molar-refractivity contribution in [2.45, 2.75) is 27.2 Å². The van der Waals surface area contributed by atoms with E-state index in [-0.39, 0.29) is 23.7 Å². The molecule has 0 aliphatic carbocycles. The van der Waals surface area contributed by atoms with E-state index in [1.807, 2.05) is 6.92 Å². The van der Waals surface area contributed by atoms with E-state index in [2.05, 4.69) is 13.2 Å². The molecule has 0 atom stereocenters. The van der Waals surface area contributed by atoms with Crippen LogP contribution in [0.15, 0.2) is 24.3 Å². The summed E-state index contributed by atoms with van der Waals surface area (Å²) in [4.78, 5) is 20.4. The zero-order valence-electron chi connectivity index (χ0n) is 9.09. The maximum atomic E-state index is 10.3. The number of carbonyl (C=O) groups is 2. The molecule has 0 aliphatic rings. The minimum atomic E-state index is -0.227. The van der Waals surface area contributed by atoms with Crippen LogP contribution in [0.5, 0.6) is 0 Å². The van der Waals surface area contributed by atoms with Crippen LogP contribution >= 0.6 is 0 Å². The molecule has 0 rings (SSSR count). The summed E-state index contributed by atoms with van der Waals surface area (Å²) in [5.74, 6) is -0.0509. The average molecular weight is 198 g/mol. The fourth-order valence-corrected chi connectivity index (χ4v) is 0.360. The second-order valence-corrected chi connectivity index (χ2v) is 2.83. The third kappa shape index (κ3) is 8.87. The van der Waals surface area contributed by atoms with E-state index in [0.717, 1.165) is 6.42 Å². The Morgan fingerprint density at radius 2 is 1.43 bits per heavy atom. The van der Waals surface area contributed by atoms with Gasteiger partial charge in [0.05, 0.1) is 6.61 Å². The van der Waals surface area contributed by atoms with Gasteiger partial charge in [0, 0.05) is 5.57 Å². The number of aliphatic hydroxyl groups is 1. The maximum Gasteiger partial charge on any atom is 0.157 e. The Labute approximate surface area is 85.1 Å². The number of hydrogen-bond donors (Lipinski definition) is 1. The molecular weight excluding hydrogens is 180 g/mol. The van der Waals surface area contributed by atoms with Gasteiger partial charge in [-0.25, -0.2) is 0 Å². The molecule has 0 aromatic rings. The number of carbonyl (C=O) groups excluding carboxylic acids is 2. The van der Waals surface area contributed by atoms with Crippen molar-refractivity contribution in [1.29, 1.82) is 0 Å². The van der Waals surface area contributed by atoms with Crippen LogP contribution in [0.1, 0.15) is 27.2 Å². The first kappa shape index (κ1) is 15.3. The highest BCUT2D eigenvalue weighted by Gasteiger charge is 1.94. The second-order valence-electron chi connectivity index (χ2n) is 2.83. The number of hydrogen-bond acceptors (Lipinski definition) is 3. The Kier molecular flexibility index (Phi) is 9.14. The Hall–Kier alpha value is -1.22. The molecular formula is C11H18O3. The van der Waals surface area contributed by atoms with E-state index in [4.69, 9.17) is 5.11 Å². The predicted molar refractivity (Wildman–Crippen MR) is 57.0 cm³/mol. The van der Waals surface area contributed by atoms with Crippen molar-refractivity contribution in [2.24, 2.45) is 0 Å². The first-order chi connectivity index (χ1) is 6.36. The normalized spacial score (nSPS) is 8.29. The molecule has 0 aromatic heterocycles. The number of Topliss-reactive ketones (excluding diaryl/α,β-unsaturated/α-hetero) is 2. The number of aliphatic hydroxyl groups excluding tert-OH is 1. The Balaban J connectivity index is 0. The van der Waals surface area contributed by atoms with E-state index in [1.54, 1.807) is 0 Å². The Morgan fingerprint density at radius 3 is 1.43 bits per heavy atom. The van der Waals surface area contributed by atoms with Gasteiger partial charge in [-0.1, -0.05) is 20.1 Å². The van der Waals surface area contributed by atoms with E-state index >= 15 is 0 Å². The van der Waals surface area contributed by atoms with Crippen LogP contribution < -0.4 is 0 Å². The molecule has 14 heavy (non-hydrogen) atoms. The fourth-order valence-electron chi connectivity index (χ4n) is 0.360. The van der Waals surface area contributed by atoms with Gasteiger partial charge in [-0.2, -0.15) is 0 Å². The summed E-state index contributed by atoms with van der Waals surface area (Å²) in [5.41, 5.74) is 0.972. The van der Waals surface area contributed by atoms with Crippen LogP contribution in [0.25, 0.3) is 0 Å². The van der Waals surface area contributed by atoms with Gasteiger partial charge >= 0.3 is 0 Å². The van der Waals surface area contributed by atoms with Crippen LogP contribution in [0.4, 0.5) is 0 Å². The van der Waals surface area contributed by atoms with Gasteiger partial charge in [0.1, 0.15) is 0 Å². The van der Waals surface area contributed by atoms with E-state index in [1.165, 1.54) is 13.8 Å². The summed E-state index contributed by atoms with van der Waals surface area (Å²) in [6.07, 6.45) is 0.773. The van der Waals surface area contributed by atoms with Gasteiger partial charge < -0.3 is 5.11 Å². The van der Waals surface area contributed by atoms with Crippen molar-refractivity contribution in [1.82, 2.24) is 0 Å². The van der Waals surface area contributed by atoms with Crippen molar-refractivity contribution in [2.75, 3.05) is 6.61 Å². The molecule has 0 radical (unpaired) electrons. The summed E-state index contributed by atoms with van der Waals surface area (Å²) >= 11 is 0. The van der Waals surface area contributed by atoms with Gasteiger partial charge in [-0.15, -0.1) is 0 Å². The van der Waals surface area contributed by atoms with Crippen molar-refractivity contribution >= 4 is 11.6 Å². The van der Waals surface area contributed by atoms with Gasteiger partial charge in [0.15, 0.2) is 11.6 Å². The molecule has 0 aromatic carbocycles. The SMILES string of the molecule is C=C(CC)C(C)=O.C=C(CO)C(C)=O. The van der Waals surface area contributed by atoms with Crippen molar-refractivity contribution in [3.8, 4) is 0 Å². The third-order valence-electron chi connectivity index (χ3n) is 1.61. The first-order valence-corrected chi connectivity index (χ1v) is 4.35. The summed E-state index contributed by atoms with van der Waals surface area (Å²) in [6, 6.07) is 0. The summed E-state index contributed by atoms with van der Waals surface area (Å²) in [6.45, 7) is 11.4. The third-order valence-corrected chi connectivity index (χ3v) is 1.61. The van der Waals surface area contributed by atoms with E-state index < -0.39 is 0 Å². The largest absolute Gasteiger partial charge is 0.392 e. The molecule has 0 spiro atoms. The lowest BCUT2D eigenvalue weighted by atomic mass is 10.2. The van der Waals surface area contributed by atoms with Gasteiger partial charge in [0.25, 0.3) is 0 Å². The zero-order chi connectivity index (χ0) is 11.7. The van der Waals surface area contributed by atoms with Crippen LogP contribution in [-0.2, 0) is 9.59 Å². The summed E-state index contributed by atoms with van der Waals surface area (Å²) in [7, 11) is 0. The molecule has 0 bridgehead atoms. The van der Waals surface area contributed by atoms with E-state index in [9.17, 15) is 9.59 Å². The summed E-state index contributed by atoms with van der Waals surface area (Å²) in [5, 5.41) is 8.18. The summed E-state index contributed by atoms with van der Waals surface area (Å²) < 4.78 is 0. The molecule has 0 aliphatic heterocycles. The van der Waals surface area contributed by atoms with Crippen molar-refractivity contribution < 1.29 is 14.7 Å². The molecule has 3 nitrogen and oxygen atoms in total. The van der Waals surface area contributed by atoms with Gasteiger partial charge in [0.2, 0.25) is 0 Å². The lowest BCUT2D eigenvalue weighted by Crippen LogP contribution is -1.98. The molecule has 0 amide bonds. The highest BCUT2D eigenvalue weighted by Crippen LogP contribution is 1.95. The maximum absolute atomic E-state index is 10.3. The minimum absolute atomic E-state index is 0.0995. The molecule has 0 unspecified atom stereocenters. The average Bonchev–Trinajstić information content (AvgIpc) is 2.15. The van der Waals surface area contributed by atoms with Crippen molar-refractivity contribution in [3.05, 3.63) is 24.3 Å². The highest BCUT2D eigenvalue weighted by atomic mass is 16.3. The topological polar surface area (TPSA) is 54.4 Å². The zero-order valence-corrected chi connectivity index (χ0v) is 9.09. The standard InChI is InChI=1S/C6H10O.C5H8O2/c1-4-5(2)6(3)7;1-4(3-6)5(2)7/h2,4H2,1,3H3;6H,1,3H2,2H3. The monoisotopic (exact) mass is 198 g/mol. The number of allylic oxidation sites excluding steroid dienone is 1. The fraction of sp³-hybridized carbons (Fsp3) is 0.455. The quantitative estimate of drug-likeness (QED) is 0.699. The van der Waals surface area contributed by atoms with Crippen molar-refractivity contribution in [3.63, 3.8) is 0 Å². The Bertz CT molecular complexity index is 213. The highest BCUT2D eigenvalue weighted by molar-refractivity contribution is 5.92. The van der Waals surface area contributed by atoms with Crippen LogP contribution in [0, 0.1) is 0 Å². The van der Waals surface area contributed by atoms with Crippen LogP contribution in [0.2, 0.25) is 0 Å². The molecule has 3 heteroatoms. The van der Waals surface area contributed by atoms with E-state index in [0.29, 0.717) is 5.57 Å². The van der Waals surface area contributed by atoms with Crippen LogP contribution in [0.3, 0.4) is 0 Å².